The molecule has 0 aliphatic rings. The zero-order valence-corrected chi connectivity index (χ0v) is 11.6. The van der Waals surface area contributed by atoms with Crippen molar-refractivity contribution in [2.45, 2.75) is 52.9 Å². The minimum Gasteiger partial charge on any atom is -0.508 e. The molecule has 0 radical (unpaired) electrons. The molecular formula is C16H26O. The highest BCUT2D eigenvalue weighted by Crippen LogP contribution is 2.34. The highest BCUT2D eigenvalue weighted by atomic mass is 16.3. The van der Waals surface area contributed by atoms with E-state index in [2.05, 4.69) is 33.8 Å². The van der Waals surface area contributed by atoms with Crippen molar-refractivity contribution in [2.24, 2.45) is 11.8 Å². The number of para-hydroxylation sites is 1. The number of phenols is 1. The smallest absolute Gasteiger partial charge is 0.119 e. The Labute approximate surface area is 106 Å². The fraction of sp³-hybridized carbons (Fsp3) is 0.625. The summed E-state index contributed by atoms with van der Waals surface area (Å²) in [6, 6.07) is 7.77. The van der Waals surface area contributed by atoms with Gasteiger partial charge in [0.05, 0.1) is 0 Å². The third kappa shape index (κ3) is 4.41. The highest BCUT2D eigenvalue weighted by Gasteiger charge is 2.17. The summed E-state index contributed by atoms with van der Waals surface area (Å²) in [5.41, 5.74) is 1.12. The van der Waals surface area contributed by atoms with Gasteiger partial charge in [-0.2, -0.15) is 0 Å². The molecule has 2 unspecified atom stereocenters. The van der Waals surface area contributed by atoms with Gasteiger partial charge in [0, 0.05) is 0 Å². The van der Waals surface area contributed by atoms with E-state index in [1.165, 1.54) is 12.8 Å². The van der Waals surface area contributed by atoms with Crippen LogP contribution in [0.2, 0.25) is 0 Å². The third-order valence-corrected chi connectivity index (χ3v) is 3.43. The van der Waals surface area contributed by atoms with Crippen molar-refractivity contribution in [1.29, 1.82) is 0 Å². The molecule has 1 aromatic carbocycles. The van der Waals surface area contributed by atoms with Gasteiger partial charge in [-0.1, -0.05) is 45.9 Å². The van der Waals surface area contributed by atoms with Gasteiger partial charge in [0.15, 0.2) is 0 Å². The van der Waals surface area contributed by atoms with E-state index in [0.29, 0.717) is 11.7 Å². The molecule has 1 rings (SSSR count). The van der Waals surface area contributed by atoms with Crippen molar-refractivity contribution in [3.05, 3.63) is 29.8 Å². The van der Waals surface area contributed by atoms with Crippen LogP contribution in [0.1, 0.15) is 58.4 Å². The molecule has 17 heavy (non-hydrogen) atoms. The van der Waals surface area contributed by atoms with E-state index in [-0.39, 0.29) is 0 Å². The Balaban J connectivity index is 2.69. The first kappa shape index (κ1) is 14.1. The summed E-state index contributed by atoms with van der Waals surface area (Å²) in [7, 11) is 0. The van der Waals surface area contributed by atoms with Crippen LogP contribution in [0.25, 0.3) is 0 Å². The Morgan fingerprint density at radius 1 is 1.06 bits per heavy atom. The fourth-order valence-electron chi connectivity index (χ4n) is 2.73. The van der Waals surface area contributed by atoms with Crippen LogP contribution in [-0.4, -0.2) is 5.11 Å². The molecule has 0 saturated heterocycles. The number of hydrogen-bond acceptors (Lipinski definition) is 1. The number of benzene rings is 1. The summed E-state index contributed by atoms with van der Waals surface area (Å²) in [5, 5.41) is 9.91. The summed E-state index contributed by atoms with van der Waals surface area (Å²) < 4.78 is 0. The Hall–Kier alpha value is -0.980. The van der Waals surface area contributed by atoms with Gasteiger partial charge >= 0.3 is 0 Å². The quantitative estimate of drug-likeness (QED) is 0.737. The van der Waals surface area contributed by atoms with Gasteiger partial charge in [-0.05, 0) is 48.6 Å². The van der Waals surface area contributed by atoms with Crippen LogP contribution < -0.4 is 0 Å². The summed E-state index contributed by atoms with van der Waals surface area (Å²) >= 11 is 0. The van der Waals surface area contributed by atoms with Crippen LogP contribution in [0.4, 0.5) is 0 Å². The Bertz CT molecular complexity index is 330. The summed E-state index contributed by atoms with van der Waals surface area (Å²) in [6.07, 6.45) is 3.54. The van der Waals surface area contributed by atoms with Crippen LogP contribution in [0.3, 0.4) is 0 Å². The number of hydrogen-bond donors (Lipinski definition) is 1. The number of rotatable bonds is 6. The van der Waals surface area contributed by atoms with Crippen LogP contribution in [0.5, 0.6) is 5.75 Å². The van der Waals surface area contributed by atoms with Crippen LogP contribution in [0.15, 0.2) is 24.3 Å². The van der Waals surface area contributed by atoms with E-state index in [1.807, 2.05) is 12.1 Å². The summed E-state index contributed by atoms with van der Waals surface area (Å²) in [5.74, 6) is 2.42. The molecule has 1 heteroatoms. The molecule has 0 aromatic heterocycles. The van der Waals surface area contributed by atoms with Crippen LogP contribution in [0, 0.1) is 11.8 Å². The monoisotopic (exact) mass is 234 g/mol. The molecule has 0 amide bonds. The minimum atomic E-state index is 0.455. The molecule has 0 bridgehead atoms. The number of phenolic OH excluding ortho intramolecular Hbond substituents is 1. The predicted molar refractivity (Wildman–Crippen MR) is 74.4 cm³/mol. The summed E-state index contributed by atoms with van der Waals surface area (Å²) in [4.78, 5) is 0. The maximum absolute atomic E-state index is 9.91. The highest BCUT2D eigenvalue weighted by molar-refractivity contribution is 5.34. The second-order valence-corrected chi connectivity index (χ2v) is 5.63. The second kappa shape index (κ2) is 6.68. The Kier molecular flexibility index (Phi) is 5.54. The predicted octanol–water partition coefficient (Wildman–Crippen LogP) is 4.96. The standard InChI is InChI=1S/C16H26O/c1-5-14(11-13(4)10-12(2)3)15-8-6-7-9-16(15)17/h6-9,12-14,17H,5,10-11H2,1-4H3. The normalized spacial score (nSPS) is 14.9. The molecule has 0 aliphatic heterocycles. The van der Waals surface area contributed by atoms with Gasteiger partial charge in [0.2, 0.25) is 0 Å². The van der Waals surface area contributed by atoms with Crippen molar-refractivity contribution < 1.29 is 5.11 Å². The van der Waals surface area contributed by atoms with Gasteiger partial charge in [-0.25, -0.2) is 0 Å². The lowest BCUT2D eigenvalue weighted by Crippen LogP contribution is -2.07. The fourth-order valence-corrected chi connectivity index (χ4v) is 2.73. The molecular weight excluding hydrogens is 208 g/mol. The molecule has 0 fully saturated rings. The molecule has 1 aromatic rings. The van der Waals surface area contributed by atoms with Crippen molar-refractivity contribution >= 4 is 0 Å². The first-order valence-electron chi connectivity index (χ1n) is 6.82. The van der Waals surface area contributed by atoms with Crippen molar-refractivity contribution in [2.75, 3.05) is 0 Å². The van der Waals surface area contributed by atoms with Crippen molar-refractivity contribution in [3.63, 3.8) is 0 Å². The average Bonchev–Trinajstić information content (AvgIpc) is 2.26. The lowest BCUT2D eigenvalue weighted by atomic mass is 9.84. The molecule has 1 nitrogen and oxygen atoms in total. The Morgan fingerprint density at radius 3 is 2.24 bits per heavy atom. The van der Waals surface area contributed by atoms with E-state index in [0.717, 1.165) is 23.8 Å². The van der Waals surface area contributed by atoms with E-state index in [4.69, 9.17) is 0 Å². The lowest BCUT2D eigenvalue weighted by molar-refractivity contribution is 0.373. The van der Waals surface area contributed by atoms with Gasteiger partial charge < -0.3 is 5.11 Å². The van der Waals surface area contributed by atoms with E-state index in [1.54, 1.807) is 6.07 Å². The molecule has 0 saturated carbocycles. The molecule has 0 heterocycles. The van der Waals surface area contributed by atoms with Crippen LogP contribution >= 0.6 is 0 Å². The van der Waals surface area contributed by atoms with E-state index in [9.17, 15) is 5.11 Å². The molecule has 1 N–H and O–H groups in total. The molecule has 0 spiro atoms. The maximum atomic E-state index is 9.91. The third-order valence-electron chi connectivity index (χ3n) is 3.43. The first-order chi connectivity index (χ1) is 8.04. The van der Waals surface area contributed by atoms with Gasteiger partial charge in [-0.15, -0.1) is 0 Å². The van der Waals surface area contributed by atoms with Crippen LogP contribution in [-0.2, 0) is 0 Å². The molecule has 2 atom stereocenters. The topological polar surface area (TPSA) is 20.2 Å². The van der Waals surface area contributed by atoms with Crippen molar-refractivity contribution in [3.8, 4) is 5.75 Å². The zero-order valence-electron chi connectivity index (χ0n) is 11.6. The zero-order chi connectivity index (χ0) is 12.8. The maximum Gasteiger partial charge on any atom is 0.119 e. The van der Waals surface area contributed by atoms with Crippen molar-refractivity contribution in [1.82, 2.24) is 0 Å². The second-order valence-electron chi connectivity index (χ2n) is 5.63. The largest absolute Gasteiger partial charge is 0.508 e. The van der Waals surface area contributed by atoms with Gasteiger partial charge in [-0.3, -0.25) is 0 Å². The lowest BCUT2D eigenvalue weighted by Gasteiger charge is -2.22. The van der Waals surface area contributed by atoms with Gasteiger partial charge in [0.25, 0.3) is 0 Å². The molecule has 0 aliphatic carbocycles. The SMILES string of the molecule is CCC(CC(C)CC(C)C)c1ccccc1O. The Morgan fingerprint density at radius 2 is 1.71 bits per heavy atom. The average molecular weight is 234 g/mol. The van der Waals surface area contributed by atoms with E-state index < -0.39 is 0 Å². The van der Waals surface area contributed by atoms with E-state index >= 15 is 0 Å². The minimum absolute atomic E-state index is 0.455. The van der Waals surface area contributed by atoms with Gasteiger partial charge in [0.1, 0.15) is 5.75 Å². The first-order valence-corrected chi connectivity index (χ1v) is 6.82. The number of aromatic hydroxyl groups is 1. The summed E-state index contributed by atoms with van der Waals surface area (Å²) in [6.45, 7) is 9.08. The molecule has 96 valence electrons.